The van der Waals surface area contributed by atoms with Crippen molar-refractivity contribution in [2.75, 3.05) is 0 Å². The molecular weight excluding hydrogens is 195 g/mol. The van der Waals surface area contributed by atoms with Crippen LogP contribution in [0.15, 0.2) is 24.3 Å². The van der Waals surface area contributed by atoms with E-state index in [2.05, 4.69) is 0 Å². The second-order valence-electron chi connectivity index (χ2n) is 2.92. The number of hydrogen-bond donors (Lipinski definition) is 2. The van der Waals surface area contributed by atoms with E-state index in [1.807, 2.05) is 0 Å². The van der Waals surface area contributed by atoms with Crippen LogP contribution in [0.4, 0.5) is 13.2 Å². The van der Waals surface area contributed by atoms with Crippen LogP contribution in [0.3, 0.4) is 0 Å². The quantitative estimate of drug-likeness (QED) is 0.772. The van der Waals surface area contributed by atoms with Gasteiger partial charge in [-0.15, -0.1) is 0 Å². The lowest BCUT2D eigenvalue weighted by Gasteiger charge is -2.16. The van der Waals surface area contributed by atoms with Crippen molar-refractivity contribution < 1.29 is 18.3 Å². The fourth-order valence-corrected chi connectivity index (χ4v) is 1.07. The highest BCUT2D eigenvalue weighted by atomic mass is 19.4. The van der Waals surface area contributed by atoms with Gasteiger partial charge in [0.15, 0.2) is 0 Å². The minimum Gasteiger partial charge on any atom is -0.392 e. The van der Waals surface area contributed by atoms with Crippen LogP contribution in [0.25, 0.3) is 0 Å². The SMILES string of the molecule is N[C@@H](c1cccc(CO)c1)C(F)(F)F. The molecule has 1 atom stereocenters. The first-order valence-corrected chi connectivity index (χ1v) is 3.97. The maximum Gasteiger partial charge on any atom is 0.407 e. The molecule has 1 rings (SSSR count). The standard InChI is InChI=1S/C9H10F3NO/c10-9(11,12)8(13)7-3-1-2-6(4-7)5-14/h1-4,8,14H,5,13H2/t8-/m0/s1. The van der Waals surface area contributed by atoms with E-state index in [9.17, 15) is 13.2 Å². The van der Waals surface area contributed by atoms with Gasteiger partial charge in [0.05, 0.1) is 6.61 Å². The van der Waals surface area contributed by atoms with E-state index in [1.54, 1.807) is 0 Å². The van der Waals surface area contributed by atoms with Crippen LogP contribution in [0.2, 0.25) is 0 Å². The van der Waals surface area contributed by atoms with Gasteiger partial charge in [0.1, 0.15) is 6.04 Å². The summed E-state index contributed by atoms with van der Waals surface area (Å²) in [5.41, 5.74) is 5.37. The molecule has 0 fully saturated rings. The van der Waals surface area contributed by atoms with Gasteiger partial charge in [-0.2, -0.15) is 13.2 Å². The van der Waals surface area contributed by atoms with Crippen LogP contribution in [-0.2, 0) is 6.61 Å². The topological polar surface area (TPSA) is 46.2 Å². The third-order valence-corrected chi connectivity index (χ3v) is 1.85. The Morgan fingerprint density at radius 2 is 2.00 bits per heavy atom. The molecule has 0 spiro atoms. The summed E-state index contributed by atoms with van der Waals surface area (Å²) in [6.07, 6.45) is -4.45. The van der Waals surface area contributed by atoms with E-state index >= 15 is 0 Å². The molecule has 2 nitrogen and oxygen atoms in total. The Morgan fingerprint density at radius 1 is 1.36 bits per heavy atom. The van der Waals surface area contributed by atoms with Gasteiger partial charge in [-0.3, -0.25) is 0 Å². The third kappa shape index (κ3) is 2.46. The van der Waals surface area contributed by atoms with Gasteiger partial charge in [-0.25, -0.2) is 0 Å². The zero-order valence-electron chi connectivity index (χ0n) is 7.25. The predicted octanol–water partition coefficient (Wildman–Crippen LogP) is 1.74. The number of halogens is 3. The molecule has 0 amide bonds. The van der Waals surface area contributed by atoms with Crippen molar-refractivity contribution in [1.82, 2.24) is 0 Å². The predicted molar refractivity (Wildman–Crippen MR) is 45.3 cm³/mol. The summed E-state index contributed by atoms with van der Waals surface area (Å²) in [6.45, 7) is -0.293. The molecular formula is C9H10F3NO. The summed E-state index contributed by atoms with van der Waals surface area (Å²) >= 11 is 0. The van der Waals surface area contributed by atoms with Crippen molar-refractivity contribution in [3.8, 4) is 0 Å². The molecule has 0 aliphatic carbocycles. The first-order chi connectivity index (χ1) is 6.45. The lowest BCUT2D eigenvalue weighted by atomic mass is 10.0. The minimum atomic E-state index is -4.45. The largest absolute Gasteiger partial charge is 0.407 e. The van der Waals surface area contributed by atoms with Gasteiger partial charge < -0.3 is 10.8 Å². The molecule has 0 aromatic heterocycles. The smallest absolute Gasteiger partial charge is 0.392 e. The van der Waals surface area contributed by atoms with E-state index in [0.29, 0.717) is 5.56 Å². The summed E-state index contributed by atoms with van der Waals surface area (Å²) in [6, 6.07) is 3.52. The second kappa shape index (κ2) is 3.98. The highest BCUT2D eigenvalue weighted by Crippen LogP contribution is 2.30. The minimum absolute atomic E-state index is 0.0379. The van der Waals surface area contributed by atoms with Crippen LogP contribution < -0.4 is 5.73 Å². The fourth-order valence-electron chi connectivity index (χ4n) is 1.07. The van der Waals surface area contributed by atoms with Crippen LogP contribution in [0.1, 0.15) is 17.2 Å². The van der Waals surface area contributed by atoms with Gasteiger partial charge in [0.2, 0.25) is 0 Å². The zero-order chi connectivity index (χ0) is 10.8. The van der Waals surface area contributed by atoms with Crippen LogP contribution >= 0.6 is 0 Å². The van der Waals surface area contributed by atoms with E-state index < -0.39 is 12.2 Å². The number of alkyl halides is 3. The van der Waals surface area contributed by atoms with E-state index in [1.165, 1.54) is 24.3 Å². The summed E-state index contributed by atoms with van der Waals surface area (Å²) in [4.78, 5) is 0. The first kappa shape index (κ1) is 11.0. The second-order valence-corrected chi connectivity index (χ2v) is 2.92. The molecule has 0 saturated heterocycles. The molecule has 0 aliphatic rings. The Labute approximate surface area is 79.2 Å². The molecule has 0 aliphatic heterocycles. The molecule has 0 heterocycles. The van der Waals surface area contributed by atoms with Gasteiger partial charge >= 0.3 is 6.18 Å². The van der Waals surface area contributed by atoms with Gasteiger partial charge in [0.25, 0.3) is 0 Å². The normalized spacial score (nSPS) is 14.1. The van der Waals surface area contributed by atoms with Crippen molar-refractivity contribution in [1.29, 1.82) is 0 Å². The van der Waals surface area contributed by atoms with Gasteiger partial charge in [-0.05, 0) is 11.1 Å². The lowest BCUT2D eigenvalue weighted by Crippen LogP contribution is -2.28. The van der Waals surface area contributed by atoms with E-state index in [-0.39, 0.29) is 12.2 Å². The van der Waals surface area contributed by atoms with Crippen molar-refractivity contribution >= 4 is 0 Å². The molecule has 1 aromatic carbocycles. The van der Waals surface area contributed by atoms with Crippen LogP contribution in [0.5, 0.6) is 0 Å². The van der Waals surface area contributed by atoms with Crippen molar-refractivity contribution in [2.45, 2.75) is 18.8 Å². The number of rotatable bonds is 2. The van der Waals surface area contributed by atoms with Crippen molar-refractivity contribution in [3.63, 3.8) is 0 Å². The number of aliphatic hydroxyl groups excluding tert-OH is 1. The number of aliphatic hydroxyl groups is 1. The first-order valence-electron chi connectivity index (χ1n) is 3.97. The Kier molecular flexibility index (Phi) is 3.13. The van der Waals surface area contributed by atoms with Gasteiger partial charge in [-0.1, -0.05) is 24.3 Å². The highest BCUT2D eigenvalue weighted by Gasteiger charge is 2.37. The molecule has 78 valence electrons. The van der Waals surface area contributed by atoms with Crippen LogP contribution in [0, 0.1) is 0 Å². The molecule has 0 radical (unpaired) electrons. The number of nitrogens with two attached hydrogens (primary N) is 1. The summed E-state index contributed by atoms with van der Waals surface area (Å²) in [5.74, 6) is 0. The number of benzene rings is 1. The molecule has 3 N–H and O–H groups in total. The fraction of sp³-hybridized carbons (Fsp3) is 0.333. The monoisotopic (exact) mass is 205 g/mol. The average molecular weight is 205 g/mol. The van der Waals surface area contributed by atoms with Gasteiger partial charge in [0, 0.05) is 0 Å². The van der Waals surface area contributed by atoms with Crippen LogP contribution in [-0.4, -0.2) is 11.3 Å². The van der Waals surface area contributed by atoms with E-state index in [0.717, 1.165) is 0 Å². The Balaban J connectivity index is 2.95. The molecule has 0 unspecified atom stereocenters. The third-order valence-electron chi connectivity index (χ3n) is 1.85. The zero-order valence-corrected chi connectivity index (χ0v) is 7.25. The summed E-state index contributed by atoms with van der Waals surface area (Å²) in [5, 5.41) is 8.72. The molecule has 1 aromatic rings. The number of hydrogen-bond acceptors (Lipinski definition) is 2. The van der Waals surface area contributed by atoms with E-state index in [4.69, 9.17) is 10.8 Å². The molecule has 0 saturated carbocycles. The van der Waals surface area contributed by atoms with Crippen molar-refractivity contribution in [3.05, 3.63) is 35.4 Å². The summed E-state index contributed by atoms with van der Waals surface area (Å²) < 4.78 is 36.5. The Bertz CT molecular complexity index is 311. The molecule has 14 heavy (non-hydrogen) atoms. The lowest BCUT2D eigenvalue weighted by molar-refractivity contribution is -0.149. The highest BCUT2D eigenvalue weighted by molar-refractivity contribution is 5.26. The van der Waals surface area contributed by atoms with Crippen molar-refractivity contribution in [2.24, 2.45) is 5.73 Å². The Hall–Kier alpha value is -1.07. The average Bonchev–Trinajstić information content (AvgIpc) is 2.15. The Morgan fingerprint density at radius 3 is 2.50 bits per heavy atom. The molecule has 5 heteroatoms. The maximum atomic E-state index is 12.2. The molecule has 0 bridgehead atoms. The summed E-state index contributed by atoms with van der Waals surface area (Å²) in [7, 11) is 0. The maximum absolute atomic E-state index is 12.2.